The minimum Gasteiger partial charge on any atom is -0.478 e. The fraction of sp³-hybridized carbons (Fsp3) is 0.182. The molecule has 0 bridgehead atoms. The number of aromatic carboxylic acids is 1. The molecular weight excluding hydrogens is 250 g/mol. The van der Waals surface area contributed by atoms with E-state index in [-0.39, 0.29) is 12.1 Å². The molecule has 0 saturated heterocycles. The van der Waals surface area contributed by atoms with E-state index in [0.717, 1.165) is 0 Å². The summed E-state index contributed by atoms with van der Waals surface area (Å²) in [5, 5.41) is 20.8. The van der Waals surface area contributed by atoms with E-state index in [1.54, 1.807) is 19.1 Å². The largest absolute Gasteiger partial charge is 0.478 e. The number of para-hydroxylation sites is 1. The zero-order valence-corrected chi connectivity index (χ0v) is 9.94. The number of fused-ring (bicyclic) bond motifs is 1. The number of hydrogen-bond donors (Lipinski definition) is 1. The van der Waals surface area contributed by atoms with Crippen LogP contribution in [0.25, 0.3) is 11.0 Å². The zero-order valence-electron chi connectivity index (χ0n) is 9.94. The van der Waals surface area contributed by atoms with Crippen molar-refractivity contribution in [2.24, 2.45) is 0 Å². The molecule has 0 radical (unpaired) electrons. The summed E-state index contributed by atoms with van der Waals surface area (Å²) in [6.07, 6.45) is 0. The van der Waals surface area contributed by atoms with Gasteiger partial charge in [0.05, 0.1) is 5.56 Å². The van der Waals surface area contributed by atoms with E-state index in [2.05, 4.69) is 20.5 Å². The van der Waals surface area contributed by atoms with Crippen LogP contribution in [0.3, 0.4) is 0 Å². The summed E-state index contributed by atoms with van der Waals surface area (Å²) in [4.78, 5) is 15.3. The van der Waals surface area contributed by atoms with Gasteiger partial charge in [0.15, 0.2) is 5.82 Å². The van der Waals surface area contributed by atoms with E-state index >= 15 is 0 Å². The minimum atomic E-state index is -1.03. The van der Waals surface area contributed by atoms with Crippen LogP contribution in [0, 0.1) is 6.92 Å². The van der Waals surface area contributed by atoms with Crippen LogP contribution in [0.15, 0.2) is 22.7 Å². The number of rotatable bonds is 3. The molecule has 2 heterocycles. The first kappa shape index (κ1) is 11.3. The maximum absolute atomic E-state index is 11.2. The molecule has 0 spiro atoms. The predicted octanol–water partition coefficient (Wildman–Crippen LogP) is 0.869. The molecule has 0 aliphatic rings. The molecule has 0 amide bonds. The molecule has 8 heteroatoms. The highest BCUT2D eigenvalue weighted by atomic mass is 16.5. The molecule has 2 aromatic heterocycles. The highest BCUT2D eigenvalue weighted by molar-refractivity contribution is 6.00. The number of carbonyl (C=O) groups is 1. The normalized spacial score (nSPS) is 11.0. The summed E-state index contributed by atoms with van der Waals surface area (Å²) in [5.74, 6) is -0.166. The molecule has 0 aliphatic carbocycles. The first-order valence-corrected chi connectivity index (χ1v) is 5.50. The van der Waals surface area contributed by atoms with Crippen molar-refractivity contribution in [1.82, 2.24) is 25.1 Å². The first-order valence-electron chi connectivity index (χ1n) is 5.50. The Hall–Kier alpha value is -2.77. The Labute approximate surface area is 106 Å². The maximum atomic E-state index is 11.2. The molecule has 3 rings (SSSR count). The third kappa shape index (κ3) is 1.92. The lowest BCUT2D eigenvalue weighted by Gasteiger charge is -2.01. The van der Waals surface area contributed by atoms with Crippen LogP contribution < -0.4 is 0 Å². The van der Waals surface area contributed by atoms with Crippen molar-refractivity contribution in [2.45, 2.75) is 13.5 Å². The van der Waals surface area contributed by atoms with Crippen LogP contribution in [0.1, 0.15) is 22.1 Å². The van der Waals surface area contributed by atoms with Crippen molar-refractivity contribution in [1.29, 1.82) is 0 Å². The third-order valence-electron chi connectivity index (χ3n) is 2.62. The maximum Gasteiger partial charge on any atom is 0.337 e. The average molecular weight is 259 g/mol. The van der Waals surface area contributed by atoms with Gasteiger partial charge in [-0.1, -0.05) is 16.4 Å². The summed E-state index contributed by atoms with van der Waals surface area (Å²) in [6.45, 7) is 1.89. The number of carboxylic acid groups (broad SMARTS) is 1. The number of carboxylic acids is 1. The van der Waals surface area contributed by atoms with E-state index < -0.39 is 5.97 Å². The first-order chi connectivity index (χ1) is 9.15. The molecule has 0 fully saturated rings. The fourth-order valence-electron chi connectivity index (χ4n) is 1.85. The fourth-order valence-corrected chi connectivity index (χ4v) is 1.85. The lowest BCUT2D eigenvalue weighted by Crippen LogP contribution is -2.07. The molecule has 0 atom stereocenters. The van der Waals surface area contributed by atoms with Gasteiger partial charge in [-0.05, 0) is 12.1 Å². The number of aromatic nitrogens is 5. The van der Waals surface area contributed by atoms with Gasteiger partial charge in [0.2, 0.25) is 5.89 Å². The average Bonchev–Trinajstić information content (AvgIpc) is 2.97. The summed E-state index contributed by atoms with van der Waals surface area (Å²) in [6, 6.07) is 4.84. The molecule has 19 heavy (non-hydrogen) atoms. The van der Waals surface area contributed by atoms with Crippen molar-refractivity contribution in [3.8, 4) is 0 Å². The zero-order chi connectivity index (χ0) is 13.4. The van der Waals surface area contributed by atoms with Crippen molar-refractivity contribution in [3.05, 3.63) is 35.5 Å². The molecule has 0 aliphatic heterocycles. The Kier molecular flexibility index (Phi) is 2.48. The second-order valence-corrected chi connectivity index (χ2v) is 3.96. The number of nitrogens with zero attached hydrogens (tertiary/aromatic N) is 5. The van der Waals surface area contributed by atoms with Crippen LogP contribution in [-0.2, 0) is 6.54 Å². The molecular formula is C11H9N5O3. The monoisotopic (exact) mass is 259 g/mol. The molecule has 0 unspecified atom stereocenters. The third-order valence-corrected chi connectivity index (χ3v) is 2.62. The van der Waals surface area contributed by atoms with E-state index in [0.29, 0.717) is 22.7 Å². The Bertz CT molecular complexity index is 761. The van der Waals surface area contributed by atoms with E-state index in [4.69, 9.17) is 4.52 Å². The summed E-state index contributed by atoms with van der Waals surface area (Å²) in [5.41, 5.74) is 1.10. The summed E-state index contributed by atoms with van der Waals surface area (Å²) >= 11 is 0. The van der Waals surface area contributed by atoms with Crippen molar-refractivity contribution in [2.75, 3.05) is 0 Å². The van der Waals surface area contributed by atoms with Gasteiger partial charge in [-0.2, -0.15) is 4.98 Å². The standard InChI is InChI=1S/C11H9N5O3/c1-6-12-9(14-19-6)5-16-10-7(11(17)18)3-2-4-8(10)13-15-16/h2-4H,5H2,1H3,(H,17,18). The SMILES string of the molecule is Cc1nc(Cn2nnc3cccc(C(=O)O)c32)no1. The van der Waals surface area contributed by atoms with Gasteiger partial charge in [-0.25, -0.2) is 9.48 Å². The van der Waals surface area contributed by atoms with Gasteiger partial charge in [-0.15, -0.1) is 5.10 Å². The topological polar surface area (TPSA) is 107 Å². The summed E-state index contributed by atoms with van der Waals surface area (Å²) < 4.78 is 6.31. The van der Waals surface area contributed by atoms with Gasteiger partial charge < -0.3 is 9.63 Å². The Morgan fingerprint density at radius 3 is 3.00 bits per heavy atom. The van der Waals surface area contributed by atoms with Crippen molar-refractivity contribution in [3.63, 3.8) is 0 Å². The van der Waals surface area contributed by atoms with Gasteiger partial charge >= 0.3 is 5.97 Å². The number of aryl methyl sites for hydroxylation is 1. The van der Waals surface area contributed by atoms with Gasteiger partial charge in [-0.3, -0.25) is 0 Å². The lowest BCUT2D eigenvalue weighted by atomic mass is 10.2. The lowest BCUT2D eigenvalue weighted by molar-refractivity contribution is 0.0698. The number of benzene rings is 1. The predicted molar refractivity (Wildman–Crippen MR) is 62.6 cm³/mol. The molecule has 0 saturated carbocycles. The van der Waals surface area contributed by atoms with Crippen LogP contribution in [0.2, 0.25) is 0 Å². The molecule has 1 aromatic carbocycles. The van der Waals surface area contributed by atoms with Crippen LogP contribution in [0.5, 0.6) is 0 Å². The van der Waals surface area contributed by atoms with Gasteiger partial charge in [0.25, 0.3) is 0 Å². The molecule has 96 valence electrons. The van der Waals surface area contributed by atoms with Gasteiger partial charge in [0.1, 0.15) is 17.6 Å². The quantitative estimate of drug-likeness (QED) is 0.743. The van der Waals surface area contributed by atoms with E-state index in [9.17, 15) is 9.90 Å². The Morgan fingerprint density at radius 2 is 2.32 bits per heavy atom. The molecule has 1 N–H and O–H groups in total. The van der Waals surface area contributed by atoms with Crippen molar-refractivity contribution < 1.29 is 14.4 Å². The van der Waals surface area contributed by atoms with Crippen LogP contribution in [0.4, 0.5) is 0 Å². The second kappa shape index (κ2) is 4.16. The van der Waals surface area contributed by atoms with Crippen molar-refractivity contribution >= 4 is 17.0 Å². The minimum absolute atomic E-state index is 0.141. The highest BCUT2D eigenvalue weighted by Crippen LogP contribution is 2.17. The Morgan fingerprint density at radius 1 is 1.47 bits per heavy atom. The smallest absolute Gasteiger partial charge is 0.337 e. The van der Waals surface area contributed by atoms with Crippen LogP contribution in [-0.4, -0.2) is 36.2 Å². The highest BCUT2D eigenvalue weighted by Gasteiger charge is 2.16. The van der Waals surface area contributed by atoms with E-state index in [1.807, 2.05) is 0 Å². The summed E-state index contributed by atoms with van der Waals surface area (Å²) in [7, 11) is 0. The number of hydrogen-bond acceptors (Lipinski definition) is 6. The second-order valence-electron chi connectivity index (χ2n) is 3.96. The van der Waals surface area contributed by atoms with Crippen LogP contribution >= 0.6 is 0 Å². The molecule has 8 nitrogen and oxygen atoms in total. The van der Waals surface area contributed by atoms with Gasteiger partial charge in [0, 0.05) is 6.92 Å². The Balaban J connectivity index is 2.11. The molecule has 3 aromatic rings. The van der Waals surface area contributed by atoms with E-state index in [1.165, 1.54) is 10.7 Å².